The van der Waals surface area contributed by atoms with Crippen molar-refractivity contribution in [3.05, 3.63) is 29.3 Å². The molecule has 110 valence electrons. The number of hydrogen-bond acceptors (Lipinski definition) is 1. The molecular weight excluding hydrogens is 243 g/mol. The van der Waals surface area contributed by atoms with Gasteiger partial charge in [-0.25, -0.2) is 0 Å². The molecule has 20 heavy (non-hydrogen) atoms. The molecule has 1 atom stereocenters. The Hall–Kier alpha value is -0.915. The summed E-state index contributed by atoms with van der Waals surface area (Å²) in [5, 5.41) is 0. The summed E-state index contributed by atoms with van der Waals surface area (Å²) >= 11 is 0. The molecule has 0 N–H and O–H groups in total. The molecule has 0 aliphatic heterocycles. The maximum absolute atomic E-state index is 6.16. The average Bonchev–Trinajstić information content (AvgIpc) is 2.26. The Morgan fingerprint density at radius 2 is 1.50 bits per heavy atom. The molecule has 0 fully saturated rings. The Morgan fingerprint density at radius 3 is 1.90 bits per heavy atom. The first-order chi connectivity index (χ1) is 8.87. The van der Waals surface area contributed by atoms with E-state index in [9.17, 15) is 0 Å². The van der Waals surface area contributed by atoms with Crippen LogP contribution in [0.3, 0.4) is 0 Å². The van der Waals surface area contributed by atoms with Crippen molar-refractivity contribution in [2.75, 3.05) is 0 Å². The van der Waals surface area contributed by atoms with Crippen molar-refractivity contribution in [2.24, 2.45) is 0 Å². The molecule has 0 aliphatic rings. The highest BCUT2D eigenvalue weighted by Gasteiger charge is 2.25. The zero-order valence-corrected chi connectivity index (χ0v) is 14.4. The fourth-order valence-corrected chi connectivity index (χ4v) is 1.99. The van der Waals surface area contributed by atoms with E-state index in [0.29, 0.717) is 0 Å². The van der Waals surface area contributed by atoms with Gasteiger partial charge in [0, 0.05) is 0 Å². The third kappa shape index (κ3) is 4.29. The number of hydrogen-bond donors (Lipinski definition) is 0. The smallest absolute Gasteiger partial charge is 0.131 e. The van der Waals surface area contributed by atoms with E-state index in [-0.39, 0.29) is 10.8 Å². The summed E-state index contributed by atoms with van der Waals surface area (Å²) in [4.78, 5) is 0. The van der Waals surface area contributed by atoms with Gasteiger partial charge in [-0.2, -0.15) is 0 Å². The summed E-state index contributed by atoms with van der Waals surface area (Å²) in [5.74, 6) is 0.900. The van der Waals surface area contributed by atoms with Crippen molar-refractivity contribution >= 4 is 7.85 Å². The van der Waals surface area contributed by atoms with E-state index in [4.69, 9.17) is 12.6 Å². The van der Waals surface area contributed by atoms with Crippen LogP contribution in [0.1, 0.15) is 72.9 Å². The first-order valence-electron chi connectivity index (χ1n) is 7.50. The monoisotopic (exact) mass is 272 g/mol. The number of ether oxygens (including phenoxy) is 1. The van der Waals surface area contributed by atoms with Crippen LogP contribution in [-0.4, -0.2) is 13.3 Å². The van der Waals surface area contributed by atoms with E-state index in [1.807, 2.05) is 13.8 Å². The second-order valence-corrected chi connectivity index (χ2v) is 7.98. The average molecular weight is 272 g/mol. The molecule has 1 aromatic carbocycles. The largest absolute Gasteiger partial charge is 0.497 e. The highest BCUT2D eigenvalue weighted by atomic mass is 16.5. The van der Waals surface area contributed by atoms with E-state index in [2.05, 4.69) is 59.7 Å². The Balaban J connectivity index is 3.32. The normalized spacial score (nSPS) is 15.8. The van der Waals surface area contributed by atoms with Crippen molar-refractivity contribution in [1.82, 2.24) is 0 Å². The number of benzene rings is 1. The van der Waals surface area contributed by atoms with Crippen LogP contribution in [0.5, 0.6) is 5.75 Å². The van der Waals surface area contributed by atoms with Crippen molar-refractivity contribution in [3.63, 3.8) is 0 Å². The third-order valence-electron chi connectivity index (χ3n) is 3.70. The summed E-state index contributed by atoms with van der Waals surface area (Å²) in [6.07, 6.45) is 0.775. The first-order valence-corrected chi connectivity index (χ1v) is 7.50. The van der Waals surface area contributed by atoms with Gasteiger partial charge in [0.2, 0.25) is 0 Å². The lowest BCUT2D eigenvalue weighted by atomic mass is 9.79. The highest BCUT2D eigenvalue weighted by Crippen LogP contribution is 2.36. The standard InChI is InChI=1S/C18H29BO/c1-9-18(8,19)20-15-11-10-13(16(2,3)4)12-14(15)17(5,6)7/h10-12H,9H2,1-8H3. The lowest BCUT2D eigenvalue weighted by Gasteiger charge is -2.32. The summed E-state index contributed by atoms with van der Waals surface area (Å²) in [5.41, 5.74) is 2.08. The van der Waals surface area contributed by atoms with Crippen LogP contribution in [0, 0.1) is 0 Å². The molecule has 1 aromatic rings. The summed E-state index contributed by atoms with van der Waals surface area (Å²) < 4.78 is 6.05. The van der Waals surface area contributed by atoms with Crippen molar-refractivity contribution in [1.29, 1.82) is 0 Å². The molecule has 0 aromatic heterocycles. The van der Waals surface area contributed by atoms with Gasteiger partial charge in [-0.05, 0) is 41.4 Å². The van der Waals surface area contributed by atoms with Gasteiger partial charge in [-0.1, -0.05) is 60.6 Å². The van der Waals surface area contributed by atoms with Crippen LogP contribution in [0.25, 0.3) is 0 Å². The van der Waals surface area contributed by atoms with Crippen molar-refractivity contribution in [2.45, 2.75) is 78.1 Å². The summed E-state index contributed by atoms with van der Waals surface area (Å²) in [6, 6.07) is 6.49. The van der Waals surface area contributed by atoms with E-state index in [1.165, 1.54) is 11.1 Å². The van der Waals surface area contributed by atoms with E-state index < -0.39 is 5.50 Å². The topological polar surface area (TPSA) is 9.23 Å². The molecule has 0 saturated heterocycles. The van der Waals surface area contributed by atoms with Gasteiger partial charge in [-0.3, -0.25) is 0 Å². The lowest BCUT2D eigenvalue weighted by molar-refractivity contribution is 0.168. The van der Waals surface area contributed by atoms with Crippen molar-refractivity contribution in [3.8, 4) is 5.75 Å². The SMILES string of the molecule is [B]C(C)(CC)Oc1ccc(C(C)(C)C)cc1C(C)(C)C. The number of rotatable bonds is 3. The quantitative estimate of drug-likeness (QED) is 0.707. The van der Waals surface area contributed by atoms with Gasteiger partial charge in [0.25, 0.3) is 0 Å². The van der Waals surface area contributed by atoms with Crippen molar-refractivity contribution < 1.29 is 4.74 Å². The zero-order valence-electron chi connectivity index (χ0n) is 14.4. The maximum Gasteiger partial charge on any atom is 0.131 e. The van der Waals surface area contributed by atoms with Crippen LogP contribution >= 0.6 is 0 Å². The maximum atomic E-state index is 6.16. The second-order valence-electron chi connectivity index (χ2n) is 7.98. The van der Waals surface area contributed by atoms with E-state index >= 15 is 0 Å². The van der Waals surface area contributed by atoms with Gasteiger partial charge >= 0.3 is 0 Å². The minimum Gasteiger partial charge on any atom is -0.497 e. The molecule has 0 aliphatic carbocycles. The van der Waals surface area contributed by atoms with Crippen LogP contribution in [-0.2, 0) is 10.8 Å². The van der Waals surface area contributed by atoms with Gasteiger partial charge in [0.05, 0.1) is 5.50 Å². The molecule has 0 heterocycles. The van der Waals surface area contributed by atoms with Crippen LogP contribution in [0.4, 0.5) is 0 Å². The van der Waals surface area contributed by atoms with E-state index in [0.717, 1.165) is 12.2 Å². The molecule has 2 radical (unpaired) electrons. The van der Waals surface area contributed by atoms with Gasteiger partial charge in [0.1, 0.15) is 13.6 Å². The fraction of sp³-hybridized carbons (Fsp3) is 0.667. The molecule has 2 heteroatoms. The van der Waals surface area contributed by atoms with Gasteiger partial charge in [0.15, 0.2) is 0 Å². The highest BCUT2D eigenvalue weighted by molar-refractivity contribution is 6.14. The third-order valence-corrected chi connectivity index (χ3v) is 3.70. The molecular formula is C18H29BO. The summed E-state index contributed by atoms with van der Waals surface area (Å²) in [7, 11) is 6.16. The molecule has 1 rings (SSSR count). The fourth-order valence-electron chi connectivity index (χ4n) is 1.99. The van der Waals surface area contributed by atoms with Gasteiger partial charge in [-0.15, -0.1) is 0 Å². The molecule has 0 spiro atoms. The van der Waals surface area contributed by atoms with Crippen LogP contribution in [0.15, 0.2) is 18.2 Å². The Kier molecular flexibility index (Phi) is 4.68. The van der Waals surface area contributed by atoms with Gasteiger partial charge < -0.3 is 4.74 Å². The Bertz CT molecular complexity index is 461. The minimum absolute atomic E-state index is 0.0282. The Labute approximate surface area is 126 Å². The predicted octanol–water partition coefficient (Wildman–Crippen LogP) is 4.96. The molecule has 1 nitrogen and oxygen atoms in total. The second kappa shape index (κ2) is 5.46. The zero-order chi connectivity index (χ0) is 15.8. The molecule has 0 bridgehead atoms. The lowest BCUT2D eigenvalue weighted by Crippen LogP contribution is -2.33. The Morgan fingerprint density at radius 1 is 0.950 bits per heavy atom. The molecule has 0 saturated carbocycles. The predicted molar refractivity (Wildman–Crippen MR) is 88.9 cm³/mol. The first kappa shape index (κ1) is 17.1. The van der Waals surface area contributed by atoms with Crippen LogP contribution < -0.4 is 4.74 Å². The van der Waals surface area contributed by atoms with E-state index in [1.54, 1.807) is 0 Å². The minimum atomic E-state index is -0.622. The summed E-state index contributed by atoms with van der Waals surface area (Å²) in [6.45, 7) is 17.3. The molecule has 1 unspecified atom stereocenters. The van der Waals surface area contributed by atoms with Crippen LogP contribution in [0.2, 0.25) is 0 Å². The molecule has 0 amide bonds.